The van der Waals surface area contributed by atoms with E-state index >= 15 is 0 Å². The SMILES string of the molecule is CC(C)COC1CC(NC(C)c2cccc(Cl)c2)C1(C)C. The lowest BCUT2D eigenvalue weighted by Crippen LogP contribution is -2.61. The summed E-state index contributed by atoms with van der Waals surface area (Å²) in [6, 6.07) is 8.89. The van der Waals surface area contributed by atoms with Crippen molar-refractivity contribution in [3.8, 4) is 0 Å². The molecular weight excluding hydrogens is 282 g/mol. The molecule has 0 saturated heterocycles. The summed E-state index contributed by atoms with van der Waals surface area (Å²) in [7, 11) is 0. The molecule has 1 aliphatic rings. The average molecular weight is 310 g/mol. The summed E-state index contributed by atoms with van der Waals surface area (Å²) in [4.78, 5) is 0. The largest absolute Gasteiger partial charge is 0.377 e. The van der Waals surface area contributed by atoms with Crippen molar-refractivity contribution in [3.05, 3.63) is 34.9 Å². The molecule has 0 aliphatic heterocycles. The van der Waals surface area contributed by atoms with Crippen LogP contribution in [0.5, 0.6) is 0 Å². The molecule has 1 aromatic carbocycles. The molecule has 118 valence electrons. The molecule has 2 rings (SSSR count). The van der Waals surface area contributed by atoms with E-state index in [1.807, 2.05) is 18.2 Å². The van der Waals surface area contributed by atoms with E-state index in [2.05, 4.69) is 46.0 Å². The predicted octanol–water partition coefficient (Wildman–Crippen LogP) is 4.83. The minimum Gasteiger partial charge on any atom is -0.377 e. The summed E-state index contributed by atoms with van der Waals surface area (Å²) in [5, 5.41) is 4.53. The molecule has 0 radical (unpaired) electrons. The summed E-state index contributed by atoms with van der Waals surface area (Å²) in [6.45, 7) is 12.0. The molecule has 21 heavy (non-hydrogen) atoms. The number of nitrogens with one attached hydrogen (secondary N) is 1. The van der Waals surface area contributed by atoms with Crippen LogP contribution in [-0.2, 0) is 4.74 Å². The normalized spacial score (nSPS) is 25.7. The maximum Gasteiger partial charge on any atom is 0.0656 e. The van der Waals surface area contributed by atoms with Crippen molar-refractivity contribution in [1.29, 1.82) is 0 Å². The van der Waals surface area contributed by atoms with Crippen molar-refractivity contribution in [3.63, 3.8) is 0 Å². The van der Waals surface area contributed by atoms with Crippen LogP contribution < -0.4 is 5.32 Å². The number of benzene rings is 1. The van der Waals surface area contributed by atoms with Crippen LogP contribution in [-0.4, -0.2) is 18.8 Å². The average Bonchev–Trinajstić information content (AvgIpc) is 2.41. The van der Waals surface area contributed by atoms with Crippen LogP contribution in [0.2, 0.25) is 5.02 Å². The molecule has 2 nitrogen and oxygen atoms in total. The smallest absolute Gasteiger partial charge is 0.0656 e. The zero-order valence-corrected chi connectivity index (χ0v) is 14.6. The van der Waals surface area contributed by atoms with E-state index in [9.17, 15) is 0 Å². The Morgan fingerprint density at radius 3 is 2.62 bits per heavy atom. The molecule has 3 atom stereocenters. The Kier molecular flexibility index (Phi) is 5.34. The third kappa shape index (κ3) is 4.00. The molecule has 1 N–H and O–H groups in total. The van der Waals surface area contributed by atoms with Gasteiger partial charge in [0.05, 0.1) is 6.10 Å². The number of rotatable bonds is 6. The molecular formula is C18H28ClNO. The van der Waals surface area contributed by atoms with Crippen LogP contribution in [0.1, 0.15) is 52.6 Å². The molecule has 3 heteroatoms. The second kappa shape index (κ2) is 6.68. The highest BCUT2D eigenvalue weighted by atomic mass is 35.5. The quantitative estimate of drug-likeness (QED) is 0.812. The van der Waals surface area contributed by atoms with Crippen LogP contribution in [0.25, 0.3) is 0 Å². The highest BCUT2D eigenvalue weighted by Crippen LogP contribution is 2.44. The van der Waals surface area contributed by atoms with Gasteiger partial charge >= 0.3 is 0 Å². The van der Waals surface area contributed by atoms with Gasteiger partial charge in [-0.1, -0.05) is 51.4 Å². The first-order valence-corrected chi connectivity index (χ1v) is 8.31. The molecule has 0 bridgehead atoms. The van der Waals surface area contributed by atoms with E-state index in [0.717, 1.165) is 18.1 Å². The molecule has 0 aromatic heterocycles. The fourth-order valence-electron chi connectivity index (χ4n) is 2.93. The molecule has 1 fully saturated rings. The third-order valence-corrected chi connectivity index (χ3v) is 4.84. The van der Waals surface area contributed by atoms with E-state index in [1.165, 1.54) is 5.56 Å². The van der Waals surface area contributed by atoms with Crippen LogP contribution >= 0.6 is 11.6 Å². The zero-order chi connectivity index (χ0) is 15.6. The number of hydrogen-bond donors (Lipinski definition) is 1. The Hall–Kier alpha value is -0.570. The Bertz CT molecular complexity index is 472. The highest BCUT2D eigenvalue weighted by molar-refractivity contribution is 6.30. The Labute approximate surface area is 134 Å². The van der Waals surface area contributed by atoms with Crippen molar-refractivity contribution in [1.82, 2.24) is 5.32 Å². The number of hydrogen-bond acceptors (Lipinski definition) is 2. The maximum atomic E-state index is 6.08. The fraction of sp³-hybridized carbons (Fsp3) is 0.667. The van der Waals surface area contributed by atoms with Crippen molar-refractivity contribution < 1.29 is 4.74 Å². The van der Waals surface area contributed by atoms with Gasteiger partial charge in [0.15, 0.2) is 0 Å². The van der Waals surface area contributed by atoms with Crippen LogP contribution in [0.3, 0.4) is 0 Å². The minimum absolute atomic E-state index is 0.182. The second-order valence-corrected chi connectivity index (χ2v) is 7.71. The van der Waals surface area contributed by atoms with Crippen molar-refractivity contribution in [2.24, 2.45) is 11.3 Å². The molecule has 3 unspecified atom stereocenters. The van der Waals surface area contributed by atoms with Gasteiger partial charge in [-0.3, -0.25) is 0 Å². The molecule has 0 spiro atoms. The van der Waals surface area contributed by atoms with Gasteiger partial charge in [0, 0.05) is 29.1 Å². The first-order valence-electron chi connectivity index (χ1n) is 7.93. The van der Waals surface area contributed by atoms with Crippen LogP contribution in [0, 0.1) is 11.3 Å². The van der Waals surface area contributed by atoms with E-state index in [4.69, 9.17) is 16.3 Å². The van der Waals surface area contributed by atoms with E-state index in [0.29, 0.717) is 24.1 Å². The monoisotopic (exact) mass is 309 g/mol. The number of halogens is 1. The third-order valence-electron chi connectivity index (χ3n) is 4.61. The Balaban J connectivity index is 1.90. The van der Waals surface area contributed by atoms with E-state index in [-0.39, 0.29) is 5.41 Å². The summed E-state index contributed by atoms with van der Waals surface area (Å²) in [5.74, 6) is 0.596. The molecule has 0 heterocycles. The van der Waals surface area contributed by atoms with Crippen molar-refractivity contribution >= 4 is 11.6 Å². The van der Waals surface area contributed by atoms with Gasteiger partial charge in [-0.25, -0.2) is 0 Å². The maximum absolute atomic E-state index is 6.08. The van der Waals surface area contributed by atoms with Gasteiger partial charge < -0.3 is 10.1 Å². The standard InChI is InChI=1S/C18H28ClNO/c1-12(2)11-21-17-10-16(18(17,4)5)20-13(3)14-7-6-8-15(19)9-14/h6-9,12-13,16-17,20H,10-11H2,1-5H3. The predicted molar refractivity (Wildman–Crippen MR) is 89.8 cm³/mol. The summed E-state index contributed by atoms with van der Waals surface area (Å²) >= 11 is 6.08. The van der Waals surface area contributed by atoms with Gasteiger partial charge in [0.1, 0.15) is 0 Å². The first kappa shape index (κ1) is 16.8. The summed E-state index contributed by atoms with van der Waals surface area (Å²) in [5.41, 5.74) is 1.42. The first-order chi connectivity index (χ1) is 9.80. The molecule has 1 aliphatic carbocycles. The second-order valence-electron chi connectivity index (χ2n) is 7.27. The van der Waals surface area contributed by atoms with E-state index in [1.54, 1.807) is 0 Å². The van der Waals surface area contributed by atoms with Gasteiger partial charge in [-0.2, -0.15) is 0 Å². The van der Waals surface area contributed by atoms with Crippen molar-refractivity contribution in [2.45, 2.75) is 59.2 Å². The summed E-state index contributed by atoms with van der Waals surface area (Å²) < 4.78 is 6.03. The van der Waals surface area contributed by atoms with Gasteiger partial charge in [0.25, 0.3) is 0 Å². The van der Waals surface area contributed by atoms with Crippen LogP contribution in [0.15, 0.2) is 24.3 Å². The lowest BCUT2D eigenvalue weighted by atomic mass is 9.64. The van der Waals surface area contributed by atoms with Crippen molar-refractivity contribution in [2.75, 3.05) is 6.61 Å². The topological polar surface area (TPSA) is 21.3 Å². The van der Waals surface area contributed by atoms with Gasteiger partial charge in [-0.15, -0.1) is 0 Å². The summed E-state index contributed by atoms with van der Waals surface area (Å²) in [6.07, 6.45) is 1.45. The molecule has 1 aromatic rings. The Morgan fingerprint density at radius 2 is 2.05 bits per heavy atom. The Morgan fingerprint density at radius 1 is 1.33 bits per heavy atom. The highest BCUT2D eigenvalue weighted by Gasteiger charge is 2.49. The van der Waals surface area contributed by atoms with Crippen LogP contribution in [0.4, 0.5) is 0 Å². The lowest BCUT2D eigenvalue weighted by molar-refractivity contribution is -0.125. The fourth-order valence-corrected chi connectivity index (χ4v) is 3.13. The lowest BCUT2D eigenvalue weighted by Gasteiger charge is -2.53. The minimum atomic E-state index is 0.182. The number of ether oxygens (including phenoxy) is 1. The molecule has 1 saturated carbocycles. The molecule has 0 amide bonds. The zero-order valence-electron chi connectivity index (χ0n) is 13.8. The van der Waals surface area contributed by atoms with Gasteiger partial charge in [-0.05, 0) is 37.0 Å². The van der Waals surface area contributed by atoms with Gasteiger partial charge in [0.2, 0.25) is 0 Å². The van der Waals surface area contributed by atoms with E-state index < -0.39 is 0 Å².